The van der Waals surface area contributed by atoms with Gasteiger partial charge in [-0.15, -0.1) is 0 Å². The predicted molar refractivity (Wildman–Crippen MR) is 79.2 cm³/mol. The molecule has 1 aromatic rings. The van der Waals surface area contributed by atoms with Crippen LogP contribution in [0, 0.1) is 16.0 Å². The molecule has 8 heteroatoms. The van der Waals surface area contributed by atoms with E-state index in [2.05, 4.69) is 10.3 Å². The first-order valence-electron chi connectivity index (χ1n) is 6.87. The Hall–Kier alpha value is -2.38. The number of hydrogen-bond donors (Lipinski definition) is 2. The molecule has 0 aromatic carbocycles. The van der Waals surface area contributed by atoms with Gasteiger partial charge in [0.15, 0.2) is 0 Å². The van der Waals surface area contributed by atoms with E-state index in [1.54, 1.807) is 7.05 Å². The Bertz CT molecular complexity index is 541. The fraction of sp³-hybridized carbons (Fsp3) is 0.538. The average Bonchev–Trinajstić information content (AvgIpc) is 2.46. The Labute approximate surface area is 122 Å². The number of nitrogens with two attached hydrogens (primary N) is 1. The van der Waals surface area contributed by atoms with Crippen LogP contribution in [0.3, 0.4) is 0 Å². The lowest BCUT2D eigenvalue weighted by atomic mass is 9.93. The summed E-state index contributed by atoms with van der Waals surface area (Å²) in [4.78, 5) is 27.8. The van der Waals surface area contributed by atoms with E-state index in [4.69, 9.17) is 5.73 Å². The molecule has 1 aromatic heterocycles. The van der Waals surface area contributed by atoms with Crippen molar-refractivity contribution in [2.45, 2.75) is 19.3 Å². The fourth-order valence-electron chi connectivity index (χ4n) is 2.55. The Morgan fingerprint density at radius 2 is 2.19 bits per heavy atom. The lowest BCUT2D eigenvalue weighted by Crippen LogP contribution is -2.35. The lowest BCUT2D eigenvalue weighted by molar-refractivity contribution is -0.384. The molecule has 1 amide bonds. The predicted octanol–water partition coefficient (Wildman–Crippen LogP) is 1.12. The monoisotopic (exact) mass is 293 g/mol. The van der Waals surface area contributed by atoms with Gasteiger partial charge in [0.25, 0.3) is 5.69 Å². The maximum Gasteiger partial charge on any atom is 0.276 e. The molecule has 8 nitrogen and oxygen atoms in total. The van der Waals surface area contributed by atoms with Crippen LogP contribution in [0.5, 0.6) is 0 Å². The van der Waals surface area contributed by atoms with E-state index in [0.29, 0.717) is 24.0 Å². The second-order valence-corrected chi connectivity index (χ2v) is 5.18. The molecular formula is C13H19N5O3. The van der Waals surface area contributed by atoms with Gasteiger partial charge in [-0.3, -0.25) is 14.9 Å². The van der Waals surface area contributed by atoms with Crippen LogP contribution in [-0.2, 0) is 4.79 Å². The number of nitro groups is 1. The highest BCUT2D eigenvalue weighted by atomic mass is 16.6. The number of aromatic nitrogens is 1. The van der Waals surface area contributed by atoms with Crippen LogP contribution in [0.15, 0.2) is 12.1 Å². The molecule has 1 saturated heterocycles. The molecule has 3 N–H and O–H groups in total. The van der Waals surface area contributed by atoms with Gasteiger partial charge in [0, 0.05) is 26.6 Å². The molecule has 2 heterocycles. The number of amides is 1. The van der Waals surface area contributed by atoms with Gasteiger partial charge in [-0.05, 0) is 18.8 Å². The number of piperidine rings is 1. The molecule has 1 fully saturated rings. The Morgan fingerprint density at radius 3 is 2.71 bits per heavy atom. The standard InChI is InChI=1S/C13H19N5O3/c1-15-12-7-10(18(20)21)8-13(16-12)17-4-2-9(3-5-17)6-11(14)19/h7-9H,2-6H2,1H3,(H2,14,19)(H,15,16). The molecule has 114 valence electrons. The van der Waals surface area contributed by atoms with Crippen molar-refractivity contribution in [3.63, 3.8) is 0 Å². The van der Waals surface area contributed by atoms with Crippen LogP contribution in [-0.4, -0.2) is 36.0 Å². The summed E-state index contributed by atoms with van der Waals surface area (Å²) < 4.78 is 0. The summed E-state index contributed by atoms with van der Waals surface area (Å²) in [6.45, 7) is 1.44. The van der Waals surface area contributed by atoms with Crippen molar-refractivity contribution in [1.82, 2.24) is 4.98 Å². The number of carbonyl (C=O) groups excluding carboxylic acids is 1. The first-order chi connectivity index (χ1) is 9.99. The minimum absolute atomic E-state index is 0.0172. The first kappa shape index (κ1) is 15.0. The number of nitrogens with one attached hydrogen (secondary N) is 1. The number of pyridine rings is 1. The molecule has 2 rings (SSSR count). The zero-order chi connectivity index (χ0) is 15.4. The van der Waals surface area contributed by atoms with Crippen LogP contribution in [0.4, 0.5) is 17.3 Å². The third-order valence-corrected chi connectivity index (χ3v) is 3.69. The topological polar surface area (TPSA) is 114 Å². The SMILES string of the molecule is CNc1cc([N+](=O)[O-])cc(N2CCC(CC(N)=O)CC2)n1. The van der Waals surface area contributed by atoms with E-state index in [1.807, 2.05) is 4.90 Å². The summed E-state index contributed by atoms with van der Waals surface area (Å²) >= 11 is 0. The van der Waals surface area contributed by atoms with E-state index in [-0.39, 0.29) is 11.6 Å². The maximum atomic E-state index is 11.0. The number of anilines is 2. The Balaban J connectivity index is 2.10. The summed E-state index contributed by atoms with van der Waals surface area (Å²) in [7, 11) is 1.68. The van der Waals surface area contributed by atoms with E-state index in [0.717, 1.165) is 25.9 Å². The summed E-state index contributed by atoms with van der Waals surface area (Å²) in [5, 5.41) is 13.8. The van der Waals surface area contributed by atoms with Crippen LogP contribution < -0.4 is 16.0 Å². The average molecular weight is 293 g/mol. The van der Waals surface area contributed by atoms with Gasteiger partial charge in [0.2, 0.25) is 5.91 Å². The third kappa shape index (κ3) is 3.80. The summed E-state index contributed by atoms with van der Waals surface area (Å²) in [5.74, 6) is 1.07. The van der Waals surface area contributed by atoms with Crippen molar-refractivity contribution < 1.29 is 9.72 Å². The number of hydrogen-bond acceptors (Lipinski definition) is 6. The van der Waals surface area contributed by atoms with E-state index in [9.17, 15) is 14.9 Å². The third-order valence-electron chi connectivity index (χ3n) is 3.69. The highest BCUT2D eigenvalue weighted by Crippen LogP contribution is 2.28. The largest absolute Gasteiger partial charge is 0.373 e. The fourth-order valence-corrected chi connectivity index (χ4v) is 2.55. The lowest BCUT2D eigenvalue weighted by Gasteiger charge is -2.32. The van der Waals surface area contributed by atoms with Crippen molar-refractivity contribution >= 4 is 23.2 Å². The van der Waals surface area contributed by atoms with Crippen LogP contribution >= 0.6 is 0 Å². The van der Waals surface area contributed by atoms with E-state index in [1.165, 1.54) is 12.1 Å². The summed E-state index contributed by atoms with van der Waals surface area (Å²) in [5.41, 5.74) is 5.23. The van der Waals surface area contributed by atoms with Crippen LogP contribution in [0.2, 0.25) is 0 Å². The molecule has 1 aliphatic rings. The Kier molecular flexibility index (Phi) is 4.56. The van der Waals surface area contributed by atoms with Gasteiger partial charge < -0.3 is 16.0 Å². The van der Waals surface area contributed by atoms with Gasteiger partial charge in [0.05, 0.1) is 17.1 Å². The first-order valence-corrected chi connectivity index (χ1v) is 6.87. The number of carbonyl (C=O) groups is 1. The van der Waals surface area contributed by atoms with Crippen molar-refractivity contribution in [1.29, 1.82) is 0 Å². The second kappa shape index (κ2) is 6.38. The van der Waals surface area contributed by atoms with E-state index < -0.39 is 4.92 Å². The summed E-state index contributed by atoms with van der Waals surface area (Å²) in [6, 6.07) is 2.89. The van der Waals surface area contributed by atoms with Crippen molar-refractivity contribution in [3.05, 3.63) is 22.2 Å². The second-order valence-electron chi connectivity index (χ2n) is 5.18. The molecule has 0 spiro atoms. The van der Waals surface area contributed by atoms with Crippen molar-refractivity contribution in [2.24, 2.45) is 11.7 Å². The molecule has 0 aliphatic carbocycles. The van der Waals surface area contributed by atoms with Gasteiger partial charge in [0.1, 0.15) is 11.6 Å². The molecule has 1 aliphatic heterocycles. The van der Waals surface area contributed by atoms with E-state index >= 15 is 0 Å². The molecule has 0 unspecified atom stereocenters. The van der Waals surface area contributed by atoms with Crippen molar-refractivity contribution in [3.8, 4) is 0 Å². The van der Waals surface area contributed by atoms with Gasteiger partial charge in [-0.2, -0.15) is 0 Å². The normalized spacial score (nSPS) is 15.8. The highest BCUT2D eigenvalue weighted by Gasteiger charge is 2.23. The molecule has 0 saturated carbocycles. The molecule has 0 atom stereocenters. The maximum absolute atomic E-state index is 11.0. The zero-order valence-corrected chi connectivity index (χ0v) is 11.9. The molecule has 0 radical (unpaired) electrons. The van der Waals surface area contributed by atoms with Crippen molar-refractivity contribution in [2.75, 3.05) is 30.4 Å². The molecule has 21 heavy (non-hydrogen) atoms. The summed E-state index contributed by atoms with van der Waals surface area (Å²) in [6.07, 6.45) is 2.07. The number of nitrogens with zero attached hydrogens (tertiary/aromatic N) is 3. The van der Waals surface area contributed by atoms with Gasteiger partial charge in [-0.25, -0.2) is 4.98 Å². The quantitative estimate of drug-likeness (QED) is 0.621. The Morgan fingerprint density at radius 1 is 1.52 bits per heavy atom. The minimum Gasteiger partial charge on any atom is -0.373 e. The highest BCUT2D eigenvalue weighted by molar-refractivity contribution is 5.74. The number of rotatable bonds is 5. The van der Waals surface area contributed by atoms with Crippen LogP contribution in [0.1, 0.15) is 19.3 Å². The smallest absolute Gasteiger partial charge is 0.276 e. The molecular weight excluding hydrogens is 274 g/mol. The zero-order valence-electron chi connectivity index (χ0n) is 11.9. The van der Waals surface area contributed by atoms with Gasteiger partial charge in [-0.1, -0.05) is 0 Å². The molecule has 0 bridgehead atoms. The number of primary amides is 1. The van der Waals surface area contributed by atoms with Crippen LogP contribution in [0.25, 0.3) is 0 Å². The van der Waals surface area contributed by atoms with Gasteiger partial charge >= 0.3 is 0 Å². The minimum atomic E-state index is -0.425.